The van der Waals surface area contributed by atoms with E-state index in [1.807, 2.05) is 18.2 Å². The van der Waals surface area contributed by atoms with Crippen LogP contribution in [0.1, 0.15) is 12.0 Å². The van der Waals surface area contributed by atoms with Crippen LogP contribution in [-0.4, -0.2) is 110 Å². The fraction of sp³-hybridized carbons (Fsp3) is 0.474. The molecular weight excluding hydrogens is 602 g/mol. The van der Waals surface area contributed by atoms with Gasteiger partial charge in [0.05, 0.1) is 12.8 Å². The summed E-state index contributed by atoms with van der Waals surface area (Å²) >= 11 is 0. The number of piperazine rings is 3. The predicted molar refractivity (Wildman–Crippen MR) is 197 cm³/mol. The quantitative estimate of drug-likeness (QED) is 0.306. The average Bonchev–Trinajstić information content (AvgIpc) is 3.66. The van der Waals surface area contributed by atoms with Gasteiger partial charge in [-0.1, -0.05) is 48.6 Å². The van der Waals surface area contributed by atoms with Crippen molar-refractivity contribution in [2.75, 3.05) is 115 Å². The third kappa shape index (κ3) is 11.7. The SMILES string of the molecule is C1=CCNCC1.COc1ccccc1N1CCNCC1.c1cc2c(cc1CN1CCNCC1)OCO2.c1ccc(N2CCNCC2)cc1. The van der Waals surface area contributed by atoms with Gasteiger partial charge in [-0.05, 0) is 54.9 Å². The van der Waals surface area contributed by atoms with Crippen molar-refractivity contribution in [1.29, 1.82) is 0 Å². The number of fused-ring (bicyclic) bond motifs is 1. The maximum absolute atomic E-state index is 5.38. The summed E-state index contributed by atoms with van der Waals surface area (Å²) in [7, 11) is 1.72. The van der Waals surface area contributed by atoms with Crippen molar-refractivity contribution in [3.05, 3.63) is 90.5 Å². The second-order valence-corrected chi connectivity index (χ2v) is 12.2. The van der Waals surface area contributed by atoms with Crippen LogP contribution >= 0.6 is 0 Å². The summed E-state index contributed by atoms with van der Waals surface area (Å²) in [6.07, 6.45) is 5.57. The van der Waals surface area contributed by atoms with Crippen molar-refractivity contribution in [1.82, 2.24) is 26.2 Å². The maximum Gasteiger partial charge on any atom is 0.231 e. The van der Waals surface area contributed by atoms with Gasteiger partial charge in [0.2, 0.25) is 6.79 Å². The zero-order valence-electron chi connectivity index (χ0n) is 28.7. The first kappa shape index (κ1) is 35.5. The van der Waals surface area contributed by atoms with Crippen LogP contribution < -0.4 is 45.3 Å². The highest BCUT2D eigenvalue weighted by molar-refractivity contribution is 5.58. The number of hydrogen-bond donors (Lipinski definition) is 4. The van der Waals surface area contributed by atoms with E-state index in [1.54, 1.807) is 7.11 Å². The molecule has 8 rings (SSSR count). The summed E-state index contributed by atoms with van der Waals surface area (Å²) in [5.74, 6) is 2.71. The van der Waals surface area contributed by atoms with Crippen LogP contribution in [0.5, 0.6) is 17.2 Å². The van der Waals surface area contributed by atoms with Crippen LogP contribution in [-0.2, 0) is 6.54 Å². The lowest BCUT2D eigenvalue weighted by molar-refractivity contribution is 0.174. The van der Waals surface area contributed by atoms with E-state index in [0.29, 0.717) is 6.79 Å². The Balaban J connectivity index is 0.000000131. The Bertz CT molecular complexity index is 1330. The number of ether oxygens (including phenoxy) is 3. The molecular formula is C38H55N7O3. The van der Waals surface area contributed by atoms with Gasteiger partial charge in [-0.2, -0.15) is 0 Å². The van der Waals surface area contributed by atoms with Crippen LogP contribution in [0.4, 0.5) is 11.4 Å². The van der Waals surface area contributed by atoms with E-state index in [1.165, 1.54) is 23.4 Å². The topological polar surface area (TPSA) is 85.5 Å². The van der Waals surface area contributed by atoms with Gasteiger partial charge in [-0.25, -0.2) is 0 Å². The van der Waals surface area contributed by atoms with E-state index in [2.05, 4.69) is 103 Å². The zero-order valence-corrected chi connectivity index (χ0v) is 28.7. The molecule has 0 saturated carbocycles. The third-order valence-electron chi connectivity index (χ3n) is 8.75. The van der Waals surface area contributed by atoms with Gasteiger partial charge in [0.25, 0.3) is 0 Å². The molecule has 0 aliphatic carbocycles. The smallest absolute Gasteiger partial charge is 0.231 e. The lowest BCUT2D eigenvalue weighted by Crippen LogP contribution is -2.43. The van der Waals surface area contributed by atoms with Crippen molar-refractivity contribution < 1.29 is 14.2 Å². The van der Waals surface area contributed by atoms with Gasteiger partial charge in [0.1, 0.15) is 5.75 Å². The van der Waals surface area contributed by atoms with E-state index >= 15 is 0 Å². The van der Waals surface area contributed by atoms with Crippen molar-refractivity contribution in [2.45, 2.75) is 13.0 Å². The molecule has 0 bridgehead atoms. The first-order valence-electron chi connectivity index (χ1n) is 17.6. The summed E-state index contributed by atoms with van der Waals surface area (Å²) in [6, 6.07) is 25.0. The van der Waals surface area contributed by atoms with Gasteiger partial charge in [0, 0.05) is 97.3 Å². The largest absolute Gasteiger partial charge is 0.495 e. The molecule has 0 atom stereocenters. The lowest BCUT2D eigenvalue weighted by Gasteiger charge is -2.30. The monoisotopic (exact) mass is 657 g/mol. The van der Waals surface area contributed by atoms with Crippen molar-refractivity contribution >= 4 is 11.4 Å². The Kier molecular flexibility index (Phi) is 15.2. The van der Waals surface area contributed by atoms with Crippen LogP contribution in [0.2, 0.25) is 0 Å². The standard InChI is InChI=1S/C12H16N2O2.C11H16N2O.C10H14N2.C5H9N/c1-2-11-12(16-9-15-11)7-10(1)8-14-5-3-13-4-6-14;1-14-11-5-3-2-4-10(11)13-8-6-12-7-9-13;1-2-4-10(5-3-1)12-8-6-11-7-9-12;1-2-4-6-5-3-1/h1-2,7,13H,3-6,8-9H2;2-5,12H,6-9H2,1H3;1-5,11H,6-9H2;1-2,6H,3-5H2. The number of anilines is 2. The number of para-hydroxylation sites is 3. The van der Waals surface area contributed by atoms with E-state index in [4.69, 9.17) is 14.2 Å². The highest BCUT2D eigenvalue weighted by Crippen LogP contribution is 2.33. The number of nitrogens with one attached hydrogen (secondary N) is 4. The minimum Gasteiger partial charge on any atom is -0.495 e. The molecule has 4 N–H and O–H groups in total. The van der Waals surface area contributed by atoms with E-state index in [9.17, 15) is 0 Å². The summed E-state index contributed by atoms with van der Waals surface area (Å²) in [5, 5.41) is 13.2. The Hall–Kier alpha value is -3.80. The minimum atomic E-state index is 0.354. The number of nitrogens with zero attached hydrogens (tertiary/aromatic N) is 3. The second kappa shape index (κ2) is 20.5. The van der Waals surface area contributed by atoms with Gasteiger partial charge in [-0.3, -0.25) is 4.90 Å². The lowest BCUT2D eigenvalue weighted by atomic mass is 10.2. The molecule has 48 heavy (non-hydrogen) atoms. The molecule has 0 spiro atoms. The molecule has 3 aromatic carbocycles. The molecule has 0 amide bonds. The van der Waals surface area contributed by atoms with Crippen LogP contribution in [0, 0.1) is 0 Å². The second-order valence-electron chi connectivity index (χ2n) is 12.2. The summed E-state index contributed by atoms with van der Waals surface area (Å²) < 4.78 is 16.0. The Morgan fingerprint density at radius 1 is 0.625 bits per heavy atom. The molecule has 5 aliphatic heterocycles. The fourth-order valence-corrected chi connectivity index (χ4v) is 6.10. The molecule has 0 aromatic heterocycles. The molecule has 3 fully saturated rings. The first-order valence-corrected chi connectivity index (χ1v) is 17.6. The van der Waals surface area contributed by atoms with Crippen molar-refractivity contribution in [2.24, 2.45) is 0 Å². The van der Waals surface area contributed by atoms with Crippen molar-refractivity contribution in [3.63, 3.8) is 0 Å². The minimum absolute atomic E-state index is 0.354. The van der Waals surface area contributed by atoms with Gasteiger partial charge in [0.15, 0.2) is 11.5 Å². The molecule has 5 aliphatic rings. The van der Waals surface area contributed by atoms with E-state index < -0.39 is 0 Å². The number of benzene rings is 3. The molecule has 0 unspecified atom stereocenters. The summed E-state index contributed by atoms with van der Waals surface area (Å²) in [6.45, 7) is 16.7. The molecule has 3 aromatic rings. The Morgan fingerprint density at radius 2 is 1.27 bits per heavy atom. The predicted octanol–water partition coefficient (Wildman–Crippen LogP) is 3.56. The number of hydrogen-bond acceptors (Lipinski definition) is 10. The fourth-order valence-electron chi connectivity index (χ4n) is 6.10. The van der Waals surface area contributed by atoms with Crippen LogP contribution in [0.25, 0.3) is 0 Å². The van der Waals surface area contributed by atoms with Crippen LogP contribution in [0.15, 0.2) is 84.9 Å². The number of methoxy groups -OCH3 is 1. The van der Waals surface area contributed by atoms with E-state index in [0.717, 1.165) is 115 Å². The van der Waals surface area contributed by atoms with Gasteiger partial charge < -0.3 is 45.3 Å². The van der Waals surface area contributed by atoms with Crippen molar-refractivity contribution in [3.8, 4) is 17.2 Å². The summed E-state index contributed by atoms with van der Waals surface area (Å²) in [5.41, 5.74) is 3.85. The zero-order chi connectivity index (χ0) is 33.1. The molecule has 10 nitrogen and oxygen atoms in total. The normalized spacial score (nSPS) is 18.7. The molecule has 5 heterocycles. The average molecular weight is 658 g/mol. The molecule has 0 radical (unpaired) electrons. The third-order valence-corrected chi connectivity index (χ3v) is 8.75. The highest BCUT2D eigenvalue weighted by Gasteiger charge is 2.16. The highest BCUT2D eigenvalue weighted by atomic mass is 16.7. The Labute approximate surface area is 287 Å². The maximum atomic E-state index is 5.38. The first-order chi connectivity index (χ1) is 23.8. The molecule has 3 saturated heterocycles. The van der Waals surface area contributed by atoms with Crippen LogP contribution in [0.3, 0.4) is 0 Å². The molecule has 260 valence electrons. The summed E-state index contributed by atoms with van der Waals surface area (Å²) in [4.78, 5) is 7.22. The van der Waals surface area contributed by atoms with Gasteiger partial charge in [-0.15, -0.1) is 0 Å². The number of rotatable bonds is 5. The van der Waals surface area contributed by atoms with E-state index in [-0.39, 0.29) is 0 Å². The van der Waals surface area contributed by atoms with Gasteiger partial charge >= 0.3 is 0 Å². The Morgan fingerprint density at radius 3 is 1.90 bits per heavy atom. The molecule has 10 heteroatoms.